The van der Waals surface area contributed by atoms with Crippen molar-refractivity contribution < 1.29 is 9.18 Å². The van der Waals surface area contributed by atoms with Gasteiger partial charge in [-0.15, -0.1) is 0 Å². The predicted molar refractivity (Wildman–Crippen MR) is 78.1 cm³/mol. The van der Waals surface area contributed by atoms with E-state index in [2.05, 4.69) is 5.32 Å². The molecule has 1 amide bonds. The maximum atomic E-state index is 13.0. The first-order valence-corrected chi connectivity index (χ1v) is 6.46. The Labute approximate surface area is 121 Å². The average Bonchev–Trinajstić information content (AvgIpc) is 2.38. The molecule has 2 aromatic rings. The van der Waals surface area contributed by atoms with Crippen LogP contribution in [0.5, 0.6) is 0 Å². The van der Waals surface area contributed by atoms with Crippen LogP contribution in [0.3, 0.4) is 0 Å². The number of nitrogens with one attached hydrogen (secondary N) is 1. The van der Waals surface area contributed by atoms with Gasteiger partial charge >= 0.3 is 0 Å². The molecular formula is C15H14ClFN2O. The van der Waals surface area contributed by atoms with Crippen LogP contribution >= 0.6 is 11.6 Å². The molecule has 2 aromatic carbocycles. The first kappa shape index (κ1) is 14.3. The lowest BCUT2D eigenvalue weighted by Gasteiger charge is -2.15. The minimum Gasteiger partial charge on any atom is -0.398 e. The van der Waals surface area contributed by atoms with Crippen LogP contribution in [0.25, 0.3) is 0 Å². The standard InChI is InChI=1S/C15H14ClFN2O/c1-9(10-3-2-4-11(16)7-10)19-15(20)13-6-5-12(17)8-14(13)18/h2-9H,18H2,1H3,(H,19,20). The van der Waals surface area contributed by atoms with E-state index < -0.39 is 5.82 Å². The molecule has 104 valence electrons. The average molecular weight is 293 g/mol. The number of benzene rings is 2. The second kappa shape index (κ2) is 5.92. The Morgan fingerprint density at radius 1 is 1.30 bits per heavy atom. The lowest BCUT2D eigenvalue weighted by molar-refractivity contribution is 0.0941. The van der Waals surface area contributed by atoms with Crippen LogP contribution in [0.15, 0.2) is 42.5 Å². The van der Waals surface area contributed by atoms with Gasteiger partial charge in [-0.3, -0.25) is 4.79 Å². The number of carbonyl (C=O) groups excluding carboxylic acids is 1. The number of hydrogen-bond acceptors (Lipinski definition) is 2. The minimum atomic E-state index is -0.470. The van der Waals surface area contributed by atoms with Crippen molar-refractivity contribution in [2.75, 3.05) is 5.73 Å². The Kier molecular flexibility index (Phi) is 4.25. The molecule has 1 atom stereocenters. The summed E-state index contributed by atoms with van der Waals surface area (Å²) >= 11 is 5.91. The number of rotatable bonds is 3. The summed E-state index contributed by atoms with van der Waals surface area (Å²) in [5.41, 5.74) is 6.88. The summed E-state index contributed by atoms with van der Waals surface area (Å²) in [5.74, 6) is -0.822. The van der Waals surface area contributed by atoms with Gasteiger partial charge in [0.15, 0.2) is 0 Å². The molecule has 0 saturated heterocycles. The number of nitrogens with two attached hydrogens (primary N) is 1. The summed E-state index contributed by atoms with van der Waals surface area (Å²) in [6.07, 6.45) is 0. The van der Waals surface area contributed by atoms with Crippen LogP contribution in [0.4, 0.5) is 10.1 Å². The molecule has 1 unspecified atom stereocenters. The summed E-state index contributed by atoms with van der Waals surface area (Å²) in [7, 11) is 0. The van der Waals surface area contributed by atoms with Gasteiger partial charge in [0, 0.05) is 10.7 Å². The third-order valence-electron chi connectivity index (χ3n) is 2.95. The molecule has 20 heavy (non-hydrogen) atoms. The SMILES string of the molecule is CC(NC(=O)c1ccc(F)cc1N)c1cccc(Cl)c1. The number of anilines is 1. The van der Waals surface area contributed by atoms with Crippen molar-refractivity contribution in [2.24, 2.45) is 0 Å². The van der Waals surface area contributed by atoms with Crippen molar-refractivity contribution >= 4 is 23.2 Å². The monoisotopic (exact) mass is 292 g/mol. The van der Waals surface area contributed by atoms with Gasteiger partial charge in [0.1, 0.15) is 5.82 Å². The number of nitrogen functional groups attached to an aromatic ring is 1. The van der Waals surface area contributed by atoms with E-state index in [4.69, 9.17) is 17.3 Å². The van der Waals surface area contributed by atoms with E-state index in [1.165, 1.54) is 12.1 Å². The van der Waals surface area contributed by atoms with Crippen molar-refractivity contribution in [3.8, 4) is 0 Å². The van der Waals surface area contributed by atoms with Crippen molar-refractivity contribution in [2.45, 2.75) is 13.0 Å². The smallest absolute Gasteiger partial charge is 0.253 e. The van der Waals surface area contributed by atoms with E-state index in [9.17, 15) is 9.18 Å². The Balaban J connectivity index is 2.15. The maximum Gasteiger partial charge on any atom is 0.253 e. The molecular weight excluding hydrogens is 279 g/mol. The fourth-order valence-corrected chi connectivity index (χ4v) is 2.07. The van der Waals surface area contributed by atoms with Crippen molar-refractivity contribution in [1.82, 2.24) is 5.32 Å². The topological polar surface area (TPSA) is 55.1 Å². The van der Waals surface area contributed by atoms with Crippen molar-refractivity contribution in [3.05, 3.63) is 64.4 Å². The predicted octanol–water partition coefficient (Wildman–Crippen LogP) is 3.55. The molecule has 0 heterocycles. The van der Waals surface area contributed by atoms with Gasteiger partial charge in [0.25, 0.3) is 5.91 Å². The fraction of sp³-hybridized carbons (Fsp3) is 0.133. The number of carbonyl (C=O) groups is 1. The molecule has 0 spiro atoms. The summed E-state index contributed by atoms with van der Waals surface area (Å²) in [6, 6.07) is 10.7. The summed E-state index contributed by atoms with van der Waals surface area (Å²) < 4.78 is 13.0. The molecule has 0 fully saturated rings. The lowest BCUT2D eigenvalue weighted by atomic mass is 10.1. The fourth-order valence-electron chi connectivity index (χ4n) is 1.87. The van der Waals surface area contributed by atoms with E-state index in [-0.39, 0.29) is 23.2 Å². The summed E-state index contributed by atoms with van der Waals surface area (Å²) in [4.78, 5) is 12.1. The molecule has 3 N–H and O–H groups in total. The quantitative estimate of drug-likeness (QED) is 0.850. The molecule has 2 rings (SSSR count). The van der Waals surface area contributed by atoms with E-state index in [0.717, 1.165) is 11.6 Å². The van der Waals surface area contributed by atoms with Gasteiger partial charge in [-0.25, -0.2) is 4.39 Å². The molecule has 0 aliphatic carbocycles. The van der Waals surface area contributed by atoms with E-state index >= 15 is 0 Å². The largest absolute Gasteiger partial charge is 0.398 e. The van der Waals surface area contributed by atoms with Gasteiger partial charge in [-0.05, 0) is 42.8 Å². The van der Waals surface area contributed by atoms with Gasteiger partial charge in [0.05, 0.1) is 11.6 Å². The Hall–Kier alpha value is -2.07. The number of amides is 1. The first-order valence-electron chi connectivity index (χ1n) is 6.08. The molecule has 0 radical (unpaired) electrons. The number of hydrogen-bond donors (Lipinski definition) is 2. The first-order chi connectivity index (χ1) is 9.47. The van der Waals surface area contributed by atoms with Crippen LogP contribution in [0.2, 0.25) is 5.02 Å². The number of halogens is 2. The van der Waals surface area contributed by atoms with Gasteiger partial charge in [-0.2, -0.15) is 0 Å². The lowest BCUT2D eigenvalue weighted by Crippen LogP contribution is -2.27. The minimum absolute atomic E-state index is 0.112. The molecule has 0 aromatic heterocycles. The molecule has 0 aliphatic rings. The van der Waals surface area contributed by atoms with E-state index in [1.54, 1.807) is 12.1 Å². The Bertz CT molecular complexity index is 646. The van der Waals surface area contributed by atoms with Gasteiger partial charge in [-0.1, -0.05) is 23.7 Å². The highest BCUT2D eigenvalue weighted by atomic mass is 35.5. The van der Waals surface area contributed by atoms with E-state index in [1.807, 2.05) is 19.1 Å². The van der Waals surface area contributed by atoms with E-state index in [0.29, 0.717) is 5.02 Å². The molecule has 0 saturated carbocycles. The third kappa shape index (κ3) is 3.27. The maximum absolute atomic E-state index is 13.0. The third-order valence-corrected chi connectivity index (χ3v) is 3.19. The Morgan fingerprint density at radius 2 is 2.05 bits per heavy atom. The second-order valence-electron chi connectivity index (χ2n) is 4.48. The molecule has 0 bridgehead atoms. The normalized spacial score (nSPS) is 11.9. The Morgan fingerprint density at radius 3 is 2.70 bits per heavy atom. The highest BCUT2D eigenvalue weighted by Crippen LogP contribution is 2.19. The zero-order valence-electron chi connectivity index (χ0n) is 10.9. The van der Waals surface area contributed by atoms with Crippen molar-refractivity contribution in [3.63, 3.8) is 0 Å². The zero-order chi connectivity index (χ0) is 14.7. The van der Waals surface area contributed by atoms with Crippen LogP contribution in [-0.4, -0.2) is 5.91 Å². The van der Waals surface area contributed by atoms with Crippen LogP contribution in [0.1, 0.15) is 28.9 Å². The summed E-state index contributed by atoms with van der Waals surface area (Å²) in [6.45, 7) is 1.84. The van der Waals surface area contributed by atoms with Crippen LogP contribution < -0.4 is 11.1 Å². The molecule has 3 nitrogen and oxygen atoms in total. The highest BCUT2D eigenvalue weighted by Gasteiger charge is 2.14. The molecule has 5 heteroatoms. The van der Waals surface area contributed by atoms with Gasteiger partial charge < -0.3 is 11.1 Å². The van der Waals surface area contributed by atoms with Crippen LogP contribution in [-0.2, 0) is 0 Å². The van der Waals surface area contributed by atoms with Crippen LogP contribution in [0, 0.1) is 5.82 Å². The van der Waals surface area contributed by atoms with Gasteiger partial charge in [0.2, 0.25) is 0 Å². The second-order valence-corrected chi connectivity index (χ2v) is 4.92. The summed E-state index contributed by atoms with van der Waals surface area (Å²) in [5, 5.41) is 3.40. The molecule has 0 aliphatic heterocycles. The highest BCUT2D eigenvalue weighted by molar-refractivity contribution is 6.30. The van der Waals surface area contributed by atoms with Crippen molar-refractivity contribution in [1.29, 1.82) is 0 Å². The zero-order valence-corrected chi connectivity index (χ0v) is 11.6.